The molecule has 90 valence electrons. The molecule has 0 aromatic heterocycles. The molecule has 0 aliphatic carbocycles. The van der Waals surface area contributed by atoms with E-state index in [4.69, 9.17) is 5.14 Å². The molecule has 1 rings (SSSR count). The fraction of sp³-hybridized carbons (Fsp3) is 0.250. The minimum atomic E-state index is -3.91. The van der Waals surface area contributed by atoms with Crippen LogP contribution in [0.25, 0.3) is 0 Å². The lowest BCUT2D eigenvalue weighted by Gasteiger charge is -2.08. The van der Waals surface area contributed by atoms with Crippen molar-refractivity contribution in [2.24, 2.45) is 5.14 Å². The highest BCUT2D eigenvalue weighted by Crippen LogP contribution is 2.20. The summed E-state index contributed by atoms with van der Waals surface area (Å²) in [6.07, 6.45) is 1.04. The number of nitrogens with two attached hydrogens (primary N) is 1. The third-order valence-corrected chi connectivity index (χ3v) is 3.50. The molecule has 6 nitrogen and oxygen atoms in total. The van der Waals surface area contributed by atoms with Gasteiger partial charge in [0.15, 0.2) is 9.84 Å². The van der Waals surface area contributed by atoms with Crippen LogP contribution < -0.4 is 9.86 Å². The summed E-state index contributed by atoms with van der Waals surface area (Å²) in [5.74, 6) is 0. The first-order chi connectivity index (χ1) is 7.09. The standard InChI is InChI=1S/C8H12N2O4S2/c1-6-3-4-7(15(2,11)12)5-8(6)10-16(9,13)14/h3-5,10H,1-2H3,(H2,9,13,14). The highest BCUT2D eigenvalue weighted by Gasteiger charge is 2.11. The number of rotatable bonds is 3. The highest BCUT2D eigenvalue weighted by atomic mass is 32.2. The zero-order chi connectivity index (χ0) is 12.6. The quantitative estimate of drug-likeness (QED) is 0.802. The summed E-state index contributed by atoms with van der Waals surface area (Å²) in [7, 11) is -7.28. The monoisotopic (exact) mass is 264 g/mol. The van der Waals surface area contributed by atoms with Crippen LogP contribution in [0.3, 0.4) is 0 Å². The molecule has 0 amide bonds. The molecular formula is C8H12N2O4S2. The number of hydrogen-bond acceptors (Lipinski definition) is 4. The van der Waals surface area contributed by atoms with Crippen LogP contribution in [-0.2, 0) is 20.0 Å². The van der Waals surface area contributed by atoms with Crippen molar-refractivity contribution in [3.8, 4) is 0 Å². The van der Waals surface area contributed by atoms with E-state index in [1.165, 1.54) is 18.2 Å². The lowest BCUT2D eigenvalue weighted by Crippen LogP contribution is -2.22. The van der Waals surface area contributed by atoms with Crippen molar-refractivity contribution in [1.29, 1.82) is 0 Å². The number of hydrogen-bond donors (Lipinski definition) is 2. The first-order valence-electron chi connectivity index (χ1n) is 4.21. The number of aryl methyl sites for hydroxylation is 1. The van der Waals surface area contributed by atoms with Crippen molar-refractivity contribution in [3.63, 3.8) is 0 Å². The fourth-order valence-corrected chi connectivity index (χ4v) is 2.27. The summed E-state index contributed by atoms with van der Waals surface area (Å²) in [5, 5.41) is 4.81. The normalized spacial score (nSPS) is 12.4. The zero-order valence-electron chi connectivity index (χ0n) is 8.76. The molecule has 0 atom stereocenters. The topological polar surface area (TPSA) is 106 Å². The molecule has 0 radical (unpaired) electrons. The van der Waals surface area contributed by atoms with Gasteiger partial charge in [0.2, 0.25) is 0 Å². The van der Waals surface area contributed by atoms with Crippen LogP contribution >= 0.6 is 0 Å². The van der Waals surface area contributed by atoms with Gasteiger partial charge < -0.3 is 0 Å². The van der Waals surface area contributed by atoms with Crippen molar-refractivity contribution in [3.05, 3.63) is 23.8 Å². The Balaban J connectivity index is 3.31. The molecule has 0 saturated carbocycles. The second-order valence-corrected chi connectivity index (χ2v) is 6.71. The van der Waals surface area contributed by atoms with Gasteiger partial charge in [-0.25, -0.2) is 13.6 Å². The van der Waals surface area contributed by atoms with Crippen LogP contribution in [0.4, 0.5) is 5.69 Å². The van der Waals surface area contributed by atoms with E-state index in [1.807, 2.05) is 4.72 Å². The first kappa shape index (κ1) is 12.9. The minimum absolute atomic E-state index is 0.0317. The number of benzene rings is 1. The maximum Gasteiger partial charge on any atom is 0.296 e. The molecule has 1 aromatic carbocycles. The predicted octanol–water partition coefficient (Wildman–Crippen LogP) is 0.0139. The Labute approximate surface area is 94.6 Å². The van der Waals surface area contributed by atoms with Gasteiger partial charge in [-0.1, -0.05) is 6.07 Å². The second kappa shape index (κ2) is 4.04. The average Bonchev–Trinajstić information content (AvgIpc) is 2.04. The summed E-state index contributed by atoms with van der Waals surface area (Å²) in [6.45, 7) is 1.64. The Morgan fingerprint density at radius 1 is 1.19 bits per heavy atom. The Morgan fingerprint density at radius 3 is 2.19 bits per heavy atom. The SMILES string of the molecule is Cc1ccc(S(C)(=O)=O)cc1NS(N)(=O)=O. The average molecular weight is 264 g/mol. The summed E-state index contributed by atoms with van der Waals surface area (Å²) in [4.78, 5) is 0.0317. The van der Waals surface area contributed by atoms with Crippen LogP contribution in [-0.4, -0.2) is 23.1 Å². The van der Waals surface area contributed by atoms with Crippen molar-refractivity contribution < 1.29 is 16.8 Å². The van der Waals surface area contributed by atoms with Crippen molar-refractivity contribution in [1.82, 2.24) is 0 Å². The van der Waals surface area contributed by atoms with Gasteiger partial charge in [-0.15, -0.1) is 0 Å². The summed E-state index contributed by atoms with van der Waals surface area (Å²) in [5.41, 5.74) is 0.742. The lowest BCUT2D eigenvalue weighted by atomic mass is 10.2. The molecule has 8 heteroatoms. The van der Waals surface area contributed by atoms with E-state index in [0.717, 1.165) is 6.26 Å². The third kappa shape index (κ3) is 3.47. The van der Waals surface area contributed by atoms with Crippen LogP contribution in [0.1, 0.15) is 5.56 Å². The number of nitrogens with one attached hydrogen (secondary N) is 1. The maximum atomic E-state index is 11.3. The molecule has 0 spiro atoms. The van der Waals surface area contributed by atoms with Crippen LogP contribution in [0.5, 0.6) is 0 Å². The molecule has 0 aliphatic rings. The summed E-state index contributed by atoms with van der Waals surface area (Å²) >= 11 is 0. The van der Waals surface area contributed by atoms with Gasteiger partial charge in [0.25, 0.3) is 10.2 Å². The zero-order valence-corrected chi connectivity index (χ0v) is 10.4. The Bertz CT molecular complexity index is 605. The maximum absolute atomic E-state index is 11.3. The van der Waals surface area contributed by atoms with Gasteiger partial charge in [0.05, 0.1) is 10.6 Å². The van der Waals surface area contributed by atoms with Gasteiger partial charge in [-0.2, -0.15) is 8.42 Å². The van der Waals surface area contributed by atoms with Crippen molar-refractivity contribution in [2.45, 2.75) is 11.8 Å². The van der Waals surface area contributed by atoms with Crippen LogP contribution in [0.2, 0.25) is 0 Å². The van der Waals surface area contributed by atoms with E-state index in [2.05, 4.69) is 0 Å². The minimum Gasteiger partial charge on any atom is -0.271 e. The Kier molecular flexibility index (Phi) is 3.27. The van der Waals surface area contributed by atoms with E-state index in [0.29, 0.717) is 5.56 Å². The molecular weight excluding hydrogens is 252 g/mol. The first-order valence-corrected chi connectivity index (χ1v) is 7.64. The molecule has 0 heterocycles. The van der Waals surface area contributed by atoms with E-state index < -0.39 is 20.0 Å². The van der Waals surface area contributed by atoms with Crippen molar-refractivity contribution in [2.75, 3.05) is 11.0 Å². The van der Waals surface area contributed by atoms with Crippen molar-refractivity contribution >= 4 is 25.7 Å². The molecule has 0 fully saturated rings. The van der Waals surface area contributed by atoms with E-state index in [9.17, 15) is 16.8 Å². The smallest absolute Gasteiger partial charge is 0.271 e. The second-order valence-electron chi connectivity index (χ2n) is 3.40. The summed E-state index contributed by atoms with van der Waals surface area (Å²) in [6, 6.07) is 4.14. The lowest BCUT2D eigenvalue weighted by molar-refractivity contribution is 0.599. The van der Waals surface area contributed by atoms with E-state index >= 15 is 0 Å². The molecule has 1 aromatic rings. The van der Waals surface area contributed by atoms with Gasteiger partial charge in [0.1, 0.15) is 0 Å². The van der Waals surface area contributed by atoms with Gasteiger partial charge in [0, 0.05) is 6.26 Å². The van der Waals surface area contributed by atoms with Crippen LogP contribution in [0.15, 0.2) is 23.1 Å². The Hall–Kier alpha value is -1.12. The van der Waals surface area contributed by atoms with Crippen LogP contribution in [0, 0.1) is 6.92 Å². The molecule has 16 heavy (non-hydrogen) atoms. The molecule has 0 bridgehead atoms. The molecule has 3 N–H and O–H groups in total. The summed E-state index contributed by atoms with van der Waals surface area (Å²) < 4.78 is 46.2. The van der Waals surface area contributed by atoms with Gasteiger partial charge in [-0.05, 0) is 24.6 Å². The van der Waals surface area contributed by atoms with E-state index in [-0.39, 0.29) is 10.6 Å². The molecule has 0 aliphatic heterocycles. The number of sulfone groups is 1. The molecule has 0 unspecified atom stereocenters. The van der Waals surface area contributed by atoms with Gasteiger partial charge >= 0.3 is 0 Å². The third-order valence-electron chi connectivity index (χ3n) is 1.89. The van der Waals surface area contributed by atoms with Gasteiger partial charge in [-0.3, -0.25) is 4.72 Å². The Morgan fingerprint density at radius 2 is 1.75 bits per heavy atom. The van der Waals surface area contributed by atoms with E-state index in [1.54, 1.807) is 6.92 Å². The highest BCUT2D eigenvalue weighted by molar-refractivity contribution is 7.91. The number of anilines is 1. The fourth-order valence-electron chi connectivity index (χ4n) is 1.09. The molecule has 0 saturated heterocycles. The predicted molar refractivity (Wildman–Crippen MR) is 61.0 cm³/mol. The largest absolute Gasteiger partial charge is 0.296 e.